The number of aliphatic hydroxyl groups excluding tert-OH is 1. The highest BCUT2D eigenvalue weighted by Crippen LogP contribution is 2.23. The number of para-hydroxylation sites is 1. The number of fused-ring (bicyclic) bond motifs is 1. The van der Waals surface area contributed by atoms with Gasteiger partial charge in [0, 0.05) is 42.9 Å². The molecule has 0 aliphatic carbocycles. The van der Waals surface area contributed by atoms with Gasteiger partial charge in [-0.2, -0.15) is 0 Å². The quantitative estimate of drug-likeness (QED) is 0.0119. The maximum atomic E-state index is 15.3. The SMILES string of the molecule is CC(C)C[C@@H]1NC(=O)[C@H](CCCCN)NC(=O)[C@H](CC(C)C)NC(=O)[C@@](C)(NC(=O)[C@H](Cc2ccccc2)NC(=O)[C@H](Cc2ccc(O)cc2)NC(=O)[C@H](C)NC(=O)[C@@H](N)[C@@H](C)O)CC/C=C/CC[C@@](C)(C(=O)NCC(=O)N[C@@H](CCCN=C(N)N)C(=O)N[C@@H](Cc2c[nH]c3ccccc23)C(N)=O)NC1=O. The van der Waals surface area contributed by atoms with Crippen molar-refractivity contribution in [3.05, 3.63) is 114 Å². The van der Waals surface area contributed by atoms with E-state index in [0.29, 0.717) is 29.5 Å². The van der Waals surface area contributed by atoms with E-state index in [4.69, 9.17) is 28.7 Å². The van der Waals surface area contributed by atoms with E-state index in [0.717, 1.165) is 10.9 Å². The average Bonchev–Trinajstić information content (AvgIpc) is 1.39. The maximum Gasteiger partial charge on any atom is 0.246 e. The Balaban J connectivity index is 1.50. The van der Waals surface area contributed by atoms with Gasteiger partial charge in [0.1, 0.15) is 71.2 Å². The van der Waals surface area contributed by atoms with Crippen LogP contribution in [0.15, 0.2) is 102 Å². The van der Waals surface area contributed by atoms with Crippen LogP contribution in [0, 0.1) is 11.8 Å². The first-order chi connectivity index (χ1) is 50.1. The smallest absolute Gasteiger partial charge is 0.246 e. The van der Waals surface area contributed by atoms with Crippen molar-refractivity contribution in [1.29, 1.82) is 0 Å². The lowest BCUT2D eigenvalue weighted by Crippen LogP contribution is -2.65. The van der Waals surface area contributed by atoms with E-state index in [1.807, 2.05) is 52.0 Å². The Kier molecular flexibility index (Phi) is 34.0. The number of nitrogens with two attached hydrogens (primary N) is 5. The van der Waals surface area contributed by atoms with Gasteiger partial charge in [0.25, 0.3) is 0 Å². The van der Waals surface area contributed by atoms with Crippen LogP contribution in [0.4, 0.5) is 0 Å². The van der Waals surface area contributed by atoms with Gasteiger partial charge in [0.15, 0.2) is 5.96 Å². The molecule has 24 N–H and O–H groups in total. The lowest BCUT2D eigenvalue weighted by Gasteiger charge is -2.34. The number of hydrogen-bond donors (Lipinski definition) is 19. The number of guanidine groups is 1. The molecule has 0 bridgehead atoms. The molecule has 32 nitrogen and oxygen atoms in total. The number of carbonyl (C=O) groups is 12. The second kappa shape index (κ2) is 41.9. The second-order valence-electron chi connectivity index (χ2n) is 28.3. The molecule has 0 spiro atoms. The Morgan fingerprint density at radius 1 is 0.613 bits per heavy atom. The molecule has 0 unspecified atom stereocenters. The van der Waals surface area contributed by atoms with Crippen LogP contribution in [0.1, 0.15) is 143 Å². The average molecular weight is 1480 g/mol. The summed E-state index contributed by atoms with van der Waals surface area (Å²) >= 11 is 0. The number of aromatic nitrogens is 1. The summed E-state index contributed by atoms with van der Waals surface area (Å²) in [5.41, 5.74) is 27.4. The number of nitrogens with zero attached hydrogens (tertiary/aromatic N) is 1. The topological polar surface area (TPSA) is 536 Å². The summed E-state index contributed by atoms with van der Waals surface area (Å²) < 4.78 is 0. The third kappa shape index (κ3) is 27.9. The van der Waals surface area contributed by atoms with Crippen molar-refractivity contribution in [2.24, 2.45) is 45.5 Å². The van der Waals surface area contributed by atoms with Crippen LogP contribution in [0.25, 0.3) is 10.9 Å². The highest BCUT2D eigenvalue weighted by molar-refractivity contribution is 6.01. The minimum absolute atomic E-state index is 0.00389. The molecule has 3 aromatic carbocycles. The summed E-state index contributed by atoms with van der Waals surface area (Å²) in [6.07, 6.45) is 4.25. The molecule has 1 aromatic heterocycles. The number of benzene rings is 3. The van der Waals surface area contributed by atoms with E-state index in [-0.39, 0.29) is 114 Å². The molecule has 0 fully saturated rings. The van der Waals surface area contributed by atoms with Gasteiger partial charge in [-0.05, 0) is 152 Å². The normalized spacial score (nSPS) is 20.6. The Morgan fingerprint density at radius 3 is 1.80 bits per heavy atom. The Bertz CT molecular complexity index is 3710. The summed E-state index contributed by atoms with van der Waals surface area (Å²) in [6.45, 7) is 12.3. The van der Waals surface area contributed by atoms with Crippen LogP contribution in [-0.4, -0.2) is 183 Å². The fourth-order valence-corrected chi connectivity index (χ4v) is 11.9. The zero-order valence-electron chi connectivity index (χ0n) is 61.8. The van der Waals surface area contributed by atoms with Gasteiger partial charge in [-0.25, -0.2) is 0 Å². The number of hydrogen-bond acceptors (Lipinski definition) is 17. The number of unbranched alkanes of at least 4 members (excludes halogenated alkanes) is 1. The number of aromatic hydroxyl groups is 1. The van der Waals surface area contributed by atoms with Crippen molar-refractivity contribution in [3.63, 3.8) is 0 Å². The predicted octanol–water partition coefficient (Wildman–Crippen LogP) is -0.736. The number of amides is 12. The van der Waals surface area contributed by atoms with Gasteiger partial charge < -0.3 is 102 Å². The number of rotatable bonds is 34. The van der Waals surface area contributed by atoms with Crippen molar-refractivity contribution < 1.29 is 67.7 Å². The number of primary amides is 1. The molecule has 12 atom stereocenters. The number of nitrogens with one attached hydrogen (secondary N) is 12. The number of carbonyl (C=O) groups excluding carboxylic acids is 12. The summed E-state index contributed by atoms with van der Waals surface area (Å²) in [7, 11) is 0. The van der Waals surface area contributed by atoms with Crippen LogP contribution in [0.3, 0.4) is 0 Å². The van der Waals surface area contributed by atoms with Crippen LogP contribution < -0.4 is 87.2 Å². The summed E-state index contributed by atoms with van der Waals surface area (Å²) in [5.74, 6) is -10.7. The van der Waals surface area contributed by atoms with Crippen LogP contribution in [-0.2, 0) is 76.8 Å². The van der Waals surface area contributed by atoms with Gasteiger partial charge in [-0.3, -0.25) is 62.5 Å². The largest absolute Gasteiger partial charge is 0.508 e. The van der Waals surface area contributed by atoms with Crippen LogP contribution in [0.5, 0.6) is 5.75 Å². The predicted molar refractivity (Wildman–Crippen MR) is 399 cm³/mol. The van der Waals surface area contributed by atoms with E-state index in [9.17, 15) is 58.2 Å². The number of H-pyrrole nitrogens is 1. The summed E-state index contributed by atoms with van der Waals surface area (Å²) in [5, 5.41) is 50.8. The zero-order chi connectivity index (χ0) is 78.4. The number of aromatic amines is 1. The molecule has 1 aliphatic heterocycles. The molecule has 4 aromatic rings. The third-order valence-electron chi connectivity index (χ3n) is 18.1. The van der Waals surface area contributed by atoms with Gasteiger partial charge >= 0.3 is 0 Å². The van der Waals surface area contributed by atoms with E-state index in [1.165, 1.54) is 52.0 Å². The van der Waals surface area contributed by atoms with E-state index in [2.05, 4.69) is 68.5 Å². The molecule has 12 amide bonds. The van der Waals surface area contributed by atoms with Crippen molar-refractivity contribution in [2.75, 3.05) is 19.6 Å². The fourth-order valence-electron chi connectivity index (χ4n) is 11.9. The Morgan fingerprint density at radius 2 is 1.18 bits per heavy atom. The maximum absolute atomic E-state index is 15.3. The number of aliphatic hydroxyl groups is 1. The molecule has 0 saturated carbocycles. The fraction of sp³-hybridized carbons (Fsp3) is 0.527. The van der Waals surface area contributed by atoms with E-state index in [1.54, 1.807) is 48.7 Å². The minimum Gasteiger partial charge on any atom is -0.508 e. The first-order valence-electron chi connectivity index (χ1n) is 36.0. The van der Waals surface area contributed by atoms with Gasteiger partial charge in [-0.1, -0.05) is 101 Å². The lowest BCUT2D eigenvalue weighted by atomic mass is 9.91. The molecule has 2 heterocycles. The number of phenolic OH excluding ortho intramolecular Hbond substituents is 1. The minimum atomic E-state index is -1.92. The van der Waals surface area contributed by atoms with E-state index < -0.39 is 149 Å². The van der Waals surface area contributed by atoms with Gasteiger partial charge in [-0.15, -0.1) is 0 Å². The second-order valence-corrected chi connectivity index (χ2v) is 28.3. The standard InChI is InChI=1S/C74H110N18O14/c1-42(2)35-55-65(100)85-53(25-16-19-33-75)64(99)88-56(36-43(3)4)67(102)91-73(7,70(105)82-41-59(95)84-52(26-20-34-80-72(78)79)63(98)86-54(61(77)96)39-48-40-81-51-24-15-14-23-50(48)51)31-17-9-10-18-32-74(8,71(106)90-55)92-68(103)58(37-46-21-12-11-13-22-46)89-66(101)57(38-47-27-29-49(94)30-28-47)87-62(97)44(5)83-69(104)60(76)45(6)93/h9-15,21-24,27-30,40,42-45,52-58,60,81,93-94H,16-20,25-26,31-39,41,75-76H2,1-8H3,(H2,77,96)(H,82,105)(H,83,104)(H,84,95)(H,85,100)(H,86,98)(H,87,97)(H,88,99)(H,89,101)(H,90,106)(H,91,102)(H,92,103)(H4,78,79,80)/b10-9+/t44-,45+,52-,53-,54-,55-,56-,57-,58-,60-,73-,74-/m0/s1. The first-order valence-corrected chi connectivity index (χ1v) is 36.0. The highest BCUT2D eigenvalue weighted by Gasteiger charge is 2.42. The summed E-state index contributed by atoms with van der Waals surface area (Å²) in [6, 6.07) is 9.66. The third-order valence-corrected chi connectivity index (χ3v) is 18.1. The van der Waals surface area contributed by atoms with Gasteiger partial charge in [0.2, 0.25) is 70.9 Å². The van der Waals surface area contributed by atoms with Gasteiger partial charge in [0.05, 0.1) is 12.6 Å². The van der Waals surface area contributed by atoms with Crippen LogP contribution in [0.2, 0.25) is 0 Å². The molecule has 1 aliphatic rings. The van der Waals surface area contributed by atoms with Crippen LogP contribution >= 0.6 is 0 Å². The zero-order valence-corrected chi connectivity index (χ0v) is 61.8. The molecular weight excluding hydrogens is 1360 g/mol. The molecule has 106 heavy (non-hydrogen) atoms. The van der Waals surface area contributed by atoms with Crippen molar-refractivity contribution >= 4 is 87.7 Å². The summed E-state index contributed by atoms with van der Waals surface area (Å²) in [4.78, 5) is 179. The molecule has 0 saturated heterocycles. The molecule has 580 valence electrons. The van der Waals surface area contributed by atoms with Crippen molar-refractivity contribution in [1.82, 2.24) is 63.5 Å². The molecule has 5 rings (SSSR count). The first kappa shape index (κ1) is 86.2. The monoisotopic (exact) mass is 1470 g/mol. The molecule has 0 radical (unpaired) electrons. The lowest BCUT2D eigenvalue weighted by molar-refractivity contribution is -0.138. The number of allylic oxidation sites excluding steroid dienone is 2. The van der Waals surface area contributed by atoms with E-state index >= 15 is 9.59 Å². The Hall–Kier alpha value is -10.5. The highest BCUT2D eigenvalue weighted by atomic mass is 16.3. The Labute approximate surface area is 618 Å². The number of phenols is 1. The number of aliphatic imine (C=N–C) groups is 1. The van der Waals surface area contributed by atoms with Crippen molar-refractivity contribution in [3.8, 4) is 5.75 Å². The molecular formula is C74H110N18O14. The molecule has 32 heteroatoms. The van der Waals surface area contributed by atoms with Crippen molar-refractivity contribution in [2.45, 2.75) is 217 Å².